The van der Waals surface area contributed by atoms with Crippen LogP contribution in [0.5, 0.6) is 0 Å². The van der Waals surface area contributed by atoms with Gasteiger partial charge in [-0.15, -0.1) is 11.3 Å². The molecule has 0 atom stereocenters. The Labute approximate surface area is 126 Å². The Balaban J connectivity index is 1.63. The minimum absolute atomic E-state index is 0.517. The van der Waals surface area contributed by atoms with Crippen molar-refractivity contribution in [1.82, 2.24) is 20.4 Å². The molecule has 20 heavy (non-hydrogen) atoms. The van der Waals surface area contributed by atoms with Crippen LogP contribution in [-0.2, 0) is 11.3 Å². The van der Waals surface area contributed by atoms with Gasteiger partial charge in [-0.2, -0.15) is 0 Å². The minimum atomic E-state index is 0.517. The summed E-state index contributed by atoms with van der Waals surface area (Å²) in [5, 5.41) is 3.72. The molecule has 5 nitrogen and oxygen atoms in total. The number of pyridine rings is 1. The second-order valence-corrected chi connectivity index (χ2v) is 5.87. The summed E-state index contributed by atoms with van der Waals surface area (Å²) in [6, 6.07) is 3.84. The molecule has 3 rings (SSSR count). The number of ether oxygens (including phenoxy) is 1. The van der Waals surface area contributed by atoms with Gasteiger partial charge in [-0.1, -0.05) is 11.6 Å². The summed E-state index contributed by atoms with van der Waals surface area (Å²) in [5.41, 5.74) is 4.30. The fourth-order valence-corrected chi connectivity index (χ4v) is 3.14. The summed E-state index contributed by atoms with van der Waals surface area (Å²) in [7, 11) is 0. The third-order valence-electron chi connectivity index (χ3n) is 3.04. The van der Waals surface area contributed by atoms with E-state index in [0.717, 1.165) is 48.3 Å². The Morgan fingerprint density at radius 2 is 2.20 bits per heavy atom. The molecule has 0 bridgehead atoms. The van der Waals surface area contributed by atoms with Crippen molar-refractivity contribution in [2.45, 2.75) is 6.54 Å². The van der Waals surface area contributed by atoms with Crippen molar-refractivity contribution in [3.63, 3.8) is 0 Å². The molecular formula is C13H15ClN4OS. The summed E-state index contributed by atoms with van der Waals surface area (Å²) in [5.74, 6) is 0. The molecule has 3 heterocycles. The van der Waals surface area contributed by atoms with Crippen molar-refractivity contribution in [1.29, 1.82) is 0 Å². The number of hydrazine groups is 1. The molecule has 1 aliphatic heterocycles. The zero-order valence-electron chi connectivity index (χ0n) is 10.9. The van der Waals surface area contributed by atoms with Crippen LogP contribution in [0.3, 0.4) is 0 Å². The van der Waals surface area contributed by atoms with Gasteiger partial charge >= 0.3 is 0 Å². The van der Waals surface area contributed by atoms with Crippen molar-refractivity contribution in [2.24, 2.45) is 0 Å². The number of aromatic nitrogens is 2. The third kappa shape index (κ3) is 3.34. The SMILES string of the molecule is Clc1ncccc1-c1cnc(CNN2CCOCC2)s1. The maximum atomic E-state index is 6.10. The van der Waals surface area contributed by atoms with E-state index in [9.17, 15) is 0 Å². The number of hydrogen-bond acceptors (Lipinski definition) is 6. The zero-order valence-corrected chi connectivity index (χ0v) is 12.5. The first-order valence-corrected chi connectivity index (χ1v) is 7.64. The first kappa shape index (κ1) is 13.9. The molecule has 0 unspecified atom stereocenters. The van der Waals surface area contributed by atoms with Gasteiger partial charge in [-0.25, -0.2) is 20.4 Å². The molecule has 7 heteroatoms. The van der Waals surface area contributed by atoms with Crippen LogP contribution in [0.15, 0.2) is 24.5 Å². The highest BCUT2D eigenvalue weighted by Gasteiger charge is 2.12. The standard InChI is InChI=1S/C13H15ClN4OS/c14-13-10(2-1-3-15-13)11-8-16-12(20-11)9-17-18-4-6-19-7-5-18/h1-3,8,17H,4-7,9H2. The van der Waals surface area contributed by atoms with E-state index >= 15 is 0 Å². The number of thiazole rings is 1. The molecule has 2 aromatic rings. The van der Waals surface area contributed by atoms with Crippen molar-refractivity contribution in [2.75, 3.05) is 26.3 Å². The van der Waals surface area contributed by atoms with Crippen LogP contribution < -0.4 is 5.43 Å². The zero-order chi connectivity index (χ0) is 13.8. The highest BCUT2D eigenvalue weighted by molar-refractivity contribution is 7.15. The Bertz CT molecular complexity index is 571. The van der Waals surface area contributed by atoms with Crippen LogP contribution in [-0.4, -0.2) is 41.3 Å². The van der Waals surface area contributed by atoms with E-state index in [2.05, 4.69) is 20.4 Å². The quantitative estimate of drug-likeness (QED) is 0.877. The molecule has 1 aliphatic rings. The Morgan fingerprint density at radius 3 is 3.00 bits per heavy atom. The topological polar surface area (TPSA) is 50.3 Å². The van der Waals surface area contributed by atoms with Crippen LogP contribution in [0, 0.1) is 0 Å². The van der Waals surface area contributed by atoms with Gasteiger partial charge in [0, 0.05) is 31.0 Å². The maximum Gasteiger partial charge on any atom is 0.137 e. The number of halogens is 1. The molecule has 0 spiro atoms. The van der Waals surface area contributed by atoms with E-state index in [1.807, 2.05) is 18.3 Å². The molecule has 1 N–H and O–H groups in total. The predicted octanol–water partition coefficient (Wildman–Crippen LogP) is 2.20. The highest BCUT2D eigenvalue weighted by atomic mass is 35.5. The average Bonchev–Trinajstić information content (AvgIpc) is 2.95. The van der Waals surface area contributed by atoms with Crippen LogP contribution in [0.2, 0.25) is 5.15 Å². The van der Waals surface area contributed by atoms with Gasteiger partial charge in [-0.05, 0) is 12.1 Å². The van der Waals surface area contributed by atoms with Gasteiger partial charge in [0.25, 0.3) is 0 Å². The van der Waals surface area contributed by atoms with Crippen molar-refractivity contribution in [3.05, 3.63) is 34.7 Å². The lowest BCUT2D eigenvalue weighted by molar-refractivity contribution is 0.0105. The third-order valence-corrected chi connectivity index (χ3v) is 4.37. The lowest BCUT2D eigenvalue weighted by Gasteiger charge is -2.26. The molecule has 0 saturated carbocycles. The summed E-state index contributed by atoms with van der Waals surface area (Å²) in [4.78, 5) is 9.56. The second-order valence-electron chi connectivity index (χ2n) is 4.39. The van der Waals surface area contributed by atoms with Crippen LogP contribution in [0.25, 0.3) is 10.4 Å². The Morgan fingerprint density at radius 1 is 1.35 bits per heavy atom. The smallest absolute Gasteiger partial charge is 0.137 e. The van der Waals surface area contributed by atoms with Gasteiger partial charge < -0.3 is 4.74 Å². The van der Waals surface area contributed by atoms with E-state index in [4.69, 9.17) is 16.3 Å². The number of nitrogens with one attached hydrogen (secondary N) is 1. The molecule has 0 radical (unpaired) electrons. The van der Waals surface area contributed by atoms with E-state index < -0.39 is 0 Å². The van der Waals surface area contributed by atoms with Crippen LogP contribution in [0.1, 0.15) is 5.01 Å². The lowest BCUT2D eigenvalue weighted by Crippen LogP contribution is -2.45. The largest absolute Gasteiger partial charge is 0.379 e. The minimum Gasteiger partial charge on any atom is -0.379 e. The van der Waals surface area contributed by atoms with Crippen LogP contribution in [0.4, 0.5) is 0 Å². The molecule has 1 fully saturated rings. The Hall–Kier alpha value is -1.05. The molecule has 1 saturated heterocycles. The van der Waals surface area contributed by atoms with Crippen molar-refractivity contribution in [3.8, 4) is 10.4 Å². The number of morpholine rings is 1. The fourth-order valence-electron chi connectivity index (χ4n) is 1.99. The first-order chi connectivity index (χ1) is 9.83. The summed E-state index contributed by atoms with van der Waals surface area (Å²) >= 11 is 7.73. The summed E-state index contributed by atoms with van der Waals surface area (Å²) in [6.07, 6.45) is 3.54. The fraction of sp³-hybridized carbons (Fsp3) is 0.385. The molecule has 0 aliphatic carbocycles. The number of nitrogens with zero attached hydrogens (tertiary/aromatic N) is 3. The molecule has 0 aromatic carbocycles. The molecule has 106 valence electrons. The van der Waals surface area contributed by atoms with E-state index in [1.165, 1.54) is 0 Å². The molecule has 2 aromatic heterocycles. The van der Waals surface area contributed by atoms with Gasteiger partial charge in [0.2, 0.25) is 0 Å². The lowest BCUT2D eigenvalue weighted by atomic mass is 10.2. The Kier molecular flexibility index (Phi) is 4.59. The van der Waals surface area contributed by atoms with Gasteiger partial charge in [0.1, 0.15) is 10.2 Å². The predicted molar refractivity (Wildman–Crippen MR) is 79.6 cm³/mol. The van der Waals surface area contributed by atoms with E-state index in [0.29, 0.717) is 5.15 Å². The average molecular weight is 311 g/mol. The van der Waals surface area contributed by atoms with Gasteiger partial charge in [-0.3, -0.25) is 0 Å². The maximum absolute atomic E-state index is 6.10. The summed E-state index contributed by atoms with van der Waals surface area (Å²) in [6.45, 7) is 4.10. The molecule has 0 amide bonds. The monoisotopic (exact) mass is 310 g/mol. The summed E-state index contributed by atoms with van der Waals surface area (Å²) < 4.78 is 5.31. The number of rotatable bonds is 4. The number of hydrogen-bond donors (Lipinski definition) is 1. The van der Waals surface area contributed by atoms with Crippen molar-refractivity contribution < 1.29 is 4.74 Å². The highest BCUT2D eigenvalue weighted by Crippen LogP contribution is 2.30. The second kappa shape index (κ2) is 6.60. The van der Waals surface area contributed by atoms with E-state index in [1.54, 1.807) is 17.5 Å². The normalized spacial score (nSPS) is 16.4. The molecular weight excluding hydrogens is 296 g/mol. The first-order valence-electron chi connectivity index (χ1n) is 6.45. The van der Waals surface area contributed by atoms with Gasteiger partial charge in [0.05, 0.1) is 24.6 Å². The van der Waals surface area contributed by atoms with Crippen LogP contribution >= 0.6 is 22.9 Å². The van der Waals surface area contributed by atoms with Crippen molar-refractivity contribution >= 4 is 22.9 Å². The van der Waals surface area contributed by atoms with Gasteiger partial charge in [0.15, 0.2) is 0 Å². The van der Waals surface area contributed by atoms with E-state index in [-0.39, 0.29) is 0 Å².